The normalized spacial score (nSPS) is 11.9. The fourth-order valence-electron chi connectivity index (χ4n) is 2.38. The first-order valence-electron chi connectivity index (χ1n) is 6.35. The fourth-order valence-corrected chi connectivity index (χ4v) is 2.38. The number of hydrogen-bond donors (Lipinski definition) is 1. The molecule has 1 aromatic heterocycles. The molecular formula is C14H10F5NO3. The van der Waals surface area contributed by atoms with Gasteiger partial charge in [0.15, 0.2) is 0 Å². The maximum Gasteiger partial charge on any atom is 0.390 e. The predicted octanol–water partition coefficient (Wildman–Crippen LogP) is 3.24. The molecule has 0 saturated heterocycles. The summed E-state index contributed by atoms with van der Waals surface area (Å²) in [5.41, 5.74) is -2.05. The first-order chi connectivity index (χ1) is 10.5. The summed E-state index contributed by atoms with van der Waals surface area (Å²) >= 11 is 0. The topological polar surface area (TPSA) is 59.3 Å². The molecule has 0 saturated carbocycles. The molecule has 2 rings (SSSR count). The van der Waals surface area contributed by atoms with E-state index >= 15 is 0 Å². The van der Waals surface area contributed by atoms with Gasteiger partial charge in [-0.2, -0.15) is 13.2 Å². The Bertz CT molecular complexity index is 854. The molecule has 0 amide bonds. The van der Waals surface area contributed by atoms with E-state index in [1.165, 1.54) is 0 Å². The number of carbonyl (C=O) groups is 1. The summed E-state index contributed by atoms with van der Waals surface area (Å²) < 4.78 is 64.8. The average molecular weight is 335 g/mol. The standard InChI is InChI=1S/C14H10F5NO3/c1-6-10(13(22)23)8-4-7(15)5-9(16)11(8)12(21)20(6)3-2-14(17,18)19/h4-5H,2-3H2,1H3,(H,22,23). The second kappa shape index (κ2) is 5.64. The van der Waals surface area contributed by atoms with Crippen LogP contribution in [0, 0.1) is 18.6 Å². The molecule has 0 atom stereocenters. The van der Waals surface area contributed by atoms with Crippen molar-refractivity contribution in [2.75, 3.05) is 0 Å². The fraction of sp³-hybridized carbons (Fsp3) is 0.286. The zero-order chi connectivity index (χ0) is 17.5. The van der Waals surface area contributed by atoms with Crippen LogP contribution in [-0.2, 0) is 6.54 Å². The van der Waals surface area contributed by atoms with E-state index in [4.69, 9.17) is 0 Å². The van der Waals surface area contributed by atoms with Gasteiger partial charge in [-0.15, -0.1) is 0 Å². The lowest BCUT2D eigenvalue weighted by Gasteiger charge is -2.16. The molecule has 23 heavy (non-hydrogen) atoms. The molecule has 1 N–H and O–H groups in total. The van der Waals surface area contributed by atoms with Crippen molar-refractivity contribution in [1.82, 2.24) is 4.57 Å². The number of benzene rings is 1. The Morgan fingerprint density at radius 2 is 1.87 bits per heavy atom. The van der Waals surface area contributed by atoms with E-state index in [1.807, 2.05) is 0 Å². The predicted molar refractivity (Wildman–Crippen MR) is 70.5 cm³/mol. The van der Waals surface area contributed by atoms with Crippen molar-refractivity contribution in [3.8, 4) is 0 Å². The van der Waals surface area contributed by atoms with Gasteiger partial charge in [-0.05, 0) is 13.0 Å². The van der Waals surface area contributed by atoms with Crippen LogP contribution in [0.3, 0.4) is 0 Å². The van der Waals surface area contributed by atoms with Crippen molar-refractivity contribution in [3.63, 3.8) is 0 Å². The average Bonchev–Trinajstić information content (AvgIpc) is 2.35. The molecule has 0 fully saturated rings. The van der Waals surface area contributed by atoms with Gasteiger partial charge in [-0.3, -0.25) is 4.79 Å². The third-order valence-corrected chi connectivity index (χ3v) is 3.38. The summed E-state index contributed by atoms with van der Waals surface area (Å²) in [4.78, 5) is 23.6. The largest absolute Gasteiger partial charge is 0.478 e. The van der Waals surface area contributed by atoms with Crippen molar-refractivity contribution in [3.05, 3.63) is 45.4 Å². The number of alkyl halides is 3. The maximum atomic E-state index is 13.9. The summed E-state index contributed by atoms with van der Waals surface area (Å²) in [6.07, 6.45) is -5.97. The molecule has 2 aromatic rings. The van der Waals surface area contributed by atoms with Crippen LogP contribution in [0.1, 0.15) is 22.5 Å². The van der Waals surface area contributed by atoms with Gasteiger partial charge in [0, 0.05) is 23.7 Å². The lowest BCUT2D eigenvalue weighted by atomic mass is 10.0. The highest BCUT2D eigenvalue weighted by molar-refractivity contribution is 6.04. The molecule has 0 radical (unpaired) electrons. The Morgan fingerprint density at radius 3 is 2.39 bits per heavy atom. The highest BCUT2D eigenvalue weighted by Crippen LogP contribution is 2.25. The Hall–Kier alpha value is -2.45. The van der Waals surface area contributed by atoms with E-state index in [9.17, 15) is 36.6 Å². The van der Waals surface area contributed by atoms with Gasteiger partial charge < -0.3 is 9.67 Å². The lowest BCUT2D eigenvalue weighted by molar-refractivity contribution is -0.136. The van der Waals surface area contributed by atoms with Crippen molar-refractivity contribution in [2.45, 2.75) is 26.1 Å². The van der Waals surface area contributed by atoms with Crippen molar-refractivity contribution in [1.29, 1.82) is 0 Å². The molecule has 1 aromatic carbocycles. The number of aromatic carboxylic acids is 1. The van der Waals surface area contributed by atoms with E-state index in [-0.39, 0.29) is 5.69 Å². The molecule has 0 aliphatic heterocycles. The van der Waals surface area contributed by atoms with Crippen molar-refractivity contribution < 1.29 is 31.9 Å². The van der Waals surface area contributed by atoms with Gasteiger partial charge in [-0.25, -0.2) is 13.6 Å². The second-order valence-corrected chi connectivity index (χ2v) is 4.90. The van der Waals surface area contributed by atoms with Gasteiger partial charge in [0.2, 0.25) is 0 Å². The number of carboxylic acids is 1. The minimum absolute atomic E-state index is 0.302. The zero-order valence-electron chi connectivity index (χ0n) is 11.7. The van der Waals surface area contributed by atoms with Gasteiger partial charge >= 0.3 is 12.1 Å². The minimum Gasteiger partial charge on any atom is -0.478 e. The number of carboxylic acid groups (broad SMARTS) is 1. The Kier molecular flexibility index (Phi) is 4.14. The van der Waals surface area contributed by atoms with E-state index in [2.05, 4.69) is 0 Å². The van der Waals surface area contributed by atoms with Gasteiger partial charge in [0.1, 0.15) is 11.6 Å². The molecule has 0 spiro atoms. The molecule has 0 aliphatic carbocycles. The van der Waals surface area contributed by atoms with Crippen LogP contribution >= 0.6 is 0 Å². The summed E-state index contributed by atoms with van der Waals surface area (Å²) in [5.74, 6) is -4.02. The summed E-state index contributed by atoms with van der Waals surface area (Å²) in [6, 6.07) is 1.04. The Labute approximate surface area is 125 Å². The highest BCUT2D eigenvalue weighted by atomic mass is 19.4. The van der Waals surface area contributed by atoms with Crippen LogP contribution in [0.15, 0.2) is 16.9 Å². The number of hydrogen-bond acceptors (Lipinski definition) is 2. The minimum atomic E-state index is -4.58. The van der Waals surface area contributed by atoms with E-state index < -0.39 is 58.6 Å². The molecule has 1 heterocycles. The summed E-state index contributed by atoms with van der Waals surface area (Å²) in [6.45, 7) is 0.255. The number of pyridine rings is 1. The first kappa shape index (κ1) is 16.9. The molecule has 4 nitrogen and oxygen atoms in total. The number of nitrogens with zero attached hydrogens (tertiary/aromatic N) is 1. The highest BCUT2D eigenvalue weighted by Gasteiger charge is 2.29. The molecular weight excluding hydrogens is 325 g/mol. The number of rotatable bonds is 3. The van der Waals surface area contributed by atoms with E-state index in [1.54, 1.807) is 0 Å². The quantitative estimate of drug-likeness (QED) is 0.876. The van der Waals surface area contributed by atoms with Crippen LogP contribution in [0.5, 0.6) is 0 Å². The van der Waals surface area contributed by atoms with E-state index in [0.717, 1.165) is 6.92 Å². The number of fused-ring (bicyclic) bond motifs is 1. The second-order valence-electron chi connectivity index (χ2n) is 4.90. The van der Waals surface area contributed by atoms with Crippen LogP contribution < -0.4 is 5.56 Å². The number of aromatic nitrogens is 1. The van der Waals surface area contributed by atoms with Crippen LogP contribution in [0.2, 0.25) is 0 Å². The van der Waals surface area contributed by atoms with Crippen LogP contribution in [0.25, 0.3) is 10.8 Å². The monoisotopic (exact) mass is 335 g/mol. The molecule has 0 unspecified atom stereocenters. The molecule has 0 aliphatic rings. The first-order valence-corrected chi connectivity index (χ1v) is 6.35. The smallest absolute Gasteiger partial charge is 0.390 e. The van der Waals surface area contributed by atoms with Gasteiger partial charge in [-0.1, -0.05) is 0 Å². The SMILES string of the molecule is Cc1c(C(=O)O)c2cc(F)cc(F)c2c(=O)n1CCC(F)(F)F. The Morgan fingerprint density at radius 1 is 1.26 bits per heavy atom. The van der Waals surface area contributed by atoms with Crippen molar-refractivity contribution in [2.24, 2.45) is 0 Å². The third-order valence-electron chi connectivity index (χ3n) is 3.38. The van der Waals surface area contributed by atoms with Crippen LogP contribution in [0.4, 0.5) is 22.0 Å². The molecule has 0 bridgehead atoms. The van der Waals surface area contributed by atoms with Gasteiger partial charge in [0.05, 0.1) is 17.4 Å². The van der Waals surface area contributed by atoms with E-state index in [0.29, 0.717) is 16.7 Å². The lowest BCUT2D eigenvalue weighted by Crippen LogP contribution is -2.28. The number of halogens is 5. The third kappa shape index (κ3) is 3.17. The molecule has 124 valence electrons. The van der Waals surface area contributed by atoms with Crippen LogP contribution in [-0.4, -0.2) is 21.8 Å². The molecule has 9 heteroatoms. The summed E-state index contributed by atoms with van der Waals surface area (Å²) in [7, 11) is 0. The van der Waals surface area contributed by atoms with Crippen molar-refractivity contribution >= 4 is 16.7 Å². The Balaban J connectivity index is 2.85. The zero-order valence-corrected chi connectivity index (χ0v) is 11.7. The van der Waals surface area contributed by atoms with Gasteiger partial charge in [0.25, 0.3) is 5.56 Å². The summed E-state index contributed by atoms with van der Waals surface area (Å²) in [5, 5.41) is 7.97. The maximum absolute atomic E-state index is 13.9.